The largest absolute Gasteiger partial charge is 0.399 e. The van der Waals surface area contributed by atoms with Crippen molar-refractivity contribution in [2.75, 3.05) is 58.2 Å². The van der Waals surface area contributed by atoms with E-state index in [1.165, 1.54) is 77.0 Å². The predicted molar refractivity (Wildman–Crippen MR) is 425 cm³/mol. The normalized spacial score (nSPS) is 14.2. The van der Waals surface area contributed by atoms with E-state index in [0.717, 1.165) is 139 Å². The number of ether oxygens (including phenoxy) is 2. The molecule has 101 heavy (non-hydrogen) atoms. The Morgan fingerprint density at radius 3 is 1.29 bits per heavy atom. The molecule has 3 saturated carbocycles. The molecule has 9 heterocycles. The Balaban J connectivity index is 0.000000137. The lowest BCUT2D eigenvalue weighted by molar-refractivity contribution is 0.153. The summed E-state index contributed by atoms with van der Waals surface area (Å²) in [6, 6.07) is 49.8. The van der Waals surface area contributed by atoms with Gasteiger partial charge in [-0.3, -0.25) is 24.8 Å². The summed E-state index contributed by atoms with van der Waals surface area (Å²) in [4.78, 5) is 32.2. The molecule has 9 aromatic heterocycles. The summed E-state index contributed by atoms with van der Waals surface area (Å²) in [5, 5.41) is 42.8. The maximum Gasteiger partial charge on any atom is 0.215 e. The first kappa shape index (κ1) is 72.4. The Bertz CT molecular complexity index is 4570. The fourth-order valence-corrected chi connectivity index (χ4v) is 16.7. The van der Waals surface area contributed by atoms with Gasteiger partial charge in [0.1, 0.15) is 45.9 Å². The highest BCUT2D eigenvalue weighted by Crippen LogP contribution is 2.42. The van der Waals surface area contributed by atoms with Crippen molar-refractivity contribution >= 4 is 160 Å². The molecular formula is C75H89BrN18O2S3Si2. The summed E-state index contributed by atoms with van der Waals surface area (Å²) in [6.07, 6.45) is 20.5. The van der Waals surface area contributed by atoms with Crippen LogP contribution in [0, 0.1) is 0 Å². The maximum absolute atomic E-state index is 6.16. The minimum absolute atomic E-state index is 0.400. The highest BCUT2D eigenvalue weighted by atomic mass is 79.9. The third kappa shape index (κ3) is 21.4. The summed E-state index contributed by atoms with van der Waals surface area (Å²) in [5.74, 6) is 4.02. The van der Waals surface area contributed by atoms with Gasteiger partial charge in [-0.25, -0.2) is 15.0 Å². The zero-order chi connectivity index (χ0) is 70.0. The Hall–Kier alpha value is -8.35. The molecule has 524 valence electrons. The number of benzene rings is 3. The van der Waals surface area contributed by atoms with Crippen molar-refractivity contribution in [3.8, 4) is 0 Å². The Labute approximate surface area is 614 Å². The number of nitrogens with two attached hydrogens (primary N) is 1. The Morgan fingerprint density at radius 1 is 0.436 bits per heavy atom. The highest BCUT2D eigenvalue weighted by Gasteiger charge is 2.27. The second-order valence-corrected chi connectivity index (χ2v) is 43.2. The molecule has 0 unspecified atom stereocenters. The summed E-state index contributed by atoms with van der Waals surface area (Å²) in [6.45, 7) is 16.5. The molecule has 0 bridgehead atoms. The molecule has 3 aromatic carbocycles. The molecule has 20 nitrogen and oxygen atoms in total. The van der Waals surface area contributed by atoms with Gasteiger partial charge in [0.05, 0.1) is 56.9 Å². The first-order valence-electron chi connectivity index (χ1n) is 34.9. The van der Waals surface area contributed by atoms with E-state index in [2.05, 4.69) is 122 Å². The number of halogens is 1. The molecule has 5 N–H and O–H groups in total. The van der Waals surface area contributed by atoms with Crippen molar-refractivity contribution in [1.29, 1.82) is 0 Å². The molecule has 3 aliphatic rings. The monoisotopic (exact) mass is 1500 g/mol. The second kappa shape index (κ2) is 35.0. The average Bonchev–Trinajstić information content (AvgIpc) is 1.77. The van der Waals surface area contributed by atoms with Gasteiger partial charge in [0.25, 0.3) is 0 Å². The van der Waals surface area contributed by atoms with Crippen molar-refractivity contribution in [2.24, 2.45) is 0 Å². The summed E-state index contributed by atoms with van der Waals surface area (Å²) >= 11 is 8.47. The number of hydrogen-bond acceptors (Lipinski definition) is 23. The molecule has 0 spiro atoms. The molecule has 3 fully saturated rings. The molecule has 3 aliphatic carbocycles. The Morgan fingerprint density at radius 2 is 0.842 bits per heavy atom. The first-order chi connectivity index (χ1) is 49.1. The smallest absolute Gasteiger partial charge is 0.215 e. The minimum Gasteiger partial charge on any atom is -0.399 e. The first-order valence-corrected chi connectivity index (χ1v) is 45.6. The van der Waals surface area contributed by atoms with Gasteiger partial charge in [-0.1, -0.05) is 166 Å². The van der Waals surface area contributed by atoms with Gasteiger partial charge >= 0.3 is 0 Å². The second-order valence-electron chi connectivity index (χ2n) is 28.1. The number of anilines is 11. The van der Waals surface area contributed by atoms with E-state index in [-0.39, 0.29) is 0 Å². The van der Waals surface area contributed by atoms with Gasteiger partial charge in [0.15, 0.2) is 0 Å². The number of pyridine rings is 6. The zero-order valence-corrected chi connectivity index (χ0v) is 64.3. The number of nitrogens with one attached hydrogen (secondary N) is 3. The number of rotatable bonds is 23. The van der Waals surface area contributed by atoms with Crippen molar-refractivity contribution in [3.05, 3.63) is 184 Å². The number of nitrogens with zero attached hydrogens (tertiary/aromatic N) is 14. The van der Waals surface area contributed by atoms with Crippen molar-refractivity contribution < 1.29 is 9.47 Å². The number of para-hydroxylation sites is 3. The average molecular weight is 1510 g/mol. The maximum atomic E-state index is 6.16. The Kier molecular flexibility index (Phi) is 25.1. The van der Waals surface area contributed by atoms with E-state index < -0.39 is 16.1 Å². The number of aromatic nitrogens is 12. The van der Waals surface area contributed by atoms with E-state index in [4.69, 9.17) is 30.2 Å². The van der Waals surface area contributed by atoms with E-state index in [0.29, 0.717) is 31.2 Å². The van der Waals surface area contributed by atoms with Gasteiger partial charge in [0.2, 0.25) is 15.4 Å². The van der Waals surface area contributed by atoms with Crippen LogP contribution in [0.3, 0.4) is 0 Å². The molecule has 15 rings (SSSR count). The minimum atomic E-state index is -1.18. The molecule has 0 aliphatic heterocycles. The number of hydrogen-bond donors (Lipinski definition) is 4. The molecule has 26 heteroatoms. The molecular weight excluding hydrogens is 1420 g/mol. The van der Waals surface area contributed by atoms with E-state index in [9.17, 15) is 0 Å². The lowest BCUT2D eigenvalue weighted by Gasteiger charge is -2.22. The van der Waals surface area contributed by atoms with Crippen LogP contribution in [0.1, 0.15) is 110 Å². The molecule has 0 saturated heterocycles. The van der Waals surface area contributed by atoms with Crippen LogP contribution in [0.5, 0.6) is 0 Å². The lowest BCUT2D eigenvalue weighted by Crippen LogP contribution is -2.26. The SMILES string of the molecule is C[Si](C)(C)CCOCN(c1ccc2ncc(Br)cc2n1)c1nnc(C2CCCC2)s1.C[Si](C)(C)CCOCN(c1ccc2ncc(Nc3ccccc3)cc2n1)c1nnc(C2CCCC2)s1.Nc1ccccc1.c1ccc(Nc2cnc3ccc(Nc4nnc(C5CCCC5)s4)nc3c2)cc1. The quantitative estimate of drug-likeness (QED) is 0.0201. The van der Waals surface area contributed by atoms with E-state index >= 15 is 0 Å². The van der Waals surface area contributed by atoms with Crippen molar-refractivity contribution in [1.82, 2.24) is 60.5 Å². The van der Waals surface area contributed by atoms with Crippen LogP contribution < -0.4 is 31.5 Å². The predicted octanol–water partition coefficient (Wildman–Crippen LogP) is 20.6. The summed E-state index contributed by atoms with van der Waals surface area (Å²) in [7, 11) is -2.32. The standard InChI is InChI=1S/C27H34N6OSSi.C21H28BrN5OSSi.C21H20N6S.C6H7N/c1-36(2,3)16-15-34-19-33(27-32-31-26(35-27)20-9-7-8-10-20)25-14-13-23-24(30-25)17-22(18-28-23)29-21-11-5-4-6-12-21;1-30(2,3)11-10-28-14-27(21-26-25-20(29-21)15-6-4-5-7-15)19-9-8-17-18(24-19)12-16(22)13-23-17;1-2-8-15(9-3-1)23-16-12-18-17(22-13-16)10-11-19(24-18)25-21-27-26-20(28-21)14-6-4-5-7-14;7-6-4-2-1-3-5-6/h4-6,11-14,17-18,20,29H,7-10,15-16,19H2,1-3H3;8-9,12-13,15H,4-7,10-11,14H2,1-3H3;1-3,8-14,23H,4-7H2,(H,24,25,27);1-5H,7H2. The number of fused-ring (bicyclic) bond motifs is 3. The van der Waals surface area contributed by atoms with Crippen LogP contribution in [0.2, 0.25) is 51.4 Å². The molecule has 0 amide bonds. The lowest BCUT2D eigenvalue weighted by atomic mass is 10.1. The van der Waals surface area contributed by atoms with Crippen LogP contribution >= 0.6 is 49.9 Å². The third-order valence-corrected chi connectivity index (χ3v) is 24.6. The van der Waals surface area contributed by atoms with Crippen LogP contribution in [0.25, 0.3) is 33.1 Å². The van der Waals surface area contributed by atoms with E-state index in [1.807, 2.05) is 163 Å². The van der Waals surface area contributed by atoms with Gasteiger partial charge in [-0.2, -0.15) is 0 Å². The van der Waals surface area contributed by atoms with Crippen molar-refractivity contribution in [2.45, 2.75) is 146 Å². The number of nitrogen functional groups attached to an aromatic ring is 1. The van der Waals surface area contributed by atoms with Crippen LogP contribution in [-0.4, -0.2) is 103 Å². The van der Waals surface area contributed by atoms with Gasteiger partial charge in [-0.15, -0.1) is 30.6 Å². The zero-order valence-electron chi connectivity index (χ0n) is 58.3. The van der Waals surface area contributed by atoms with Crippen LogP contribution in [0.4, 0.5) is 61.3 Å². The fraction of sp³-hybridized carbons (Fsp3) is 0.360. The molecule has 0 atom stereocenters. The fourth-order valence-electron chi connectivity index (χ4n) is 11.9. The summed E-state index contributed by atoms with van der Waals surface area (Å²) in [5.41, 5.74) is 15.1. The van der Waals surface area contributed by atoms with Crippen LogP contribution in [-0.2, 0) is 9.47 Å². The molecule has 12 aromatic rings. The van der Waals surface area contributed by atoms with E-state index in [1.54, 1.807) is 40.2 Å². The van der Waals surface area contributed by atoms with Crippen LogP contribution in [0.15, 0.2) is 169 Å². The van der Waals surface area contributed by atoms with Crippen molar-refractivity contribution in [3.63, 3.8) is 0 Å². The van der Waals surface area contributed by atoms with Gasteiger partial charge in [-0.05, 0) is 158 Å². The van der Waals surface area contributed by atoms with Gasteiger partial charge < -0.3 is 31.2 Å². The third-order valence-electron chi connectivity index (χ3n) is 17.6. The topological polar surface area (TPSA) is 242 Å². The molecule has 0 radical (unpaired) electrons. The summed E-state index contributed by atoms with van der Waals surface area (Å²) < 4.78 is 13.2. The highest BCUT2D eigenvalue weighted by molar-refractivity contribution is 9.10. The van der Waals surface area contributed by atoms with Gasteiger partial charge in [0, 0.05) is 74.8 Å².